The number of halogens is 2. The summed E-state index contributed by atoms with van der Waals surface area (Å²) in [7, 11) is 0.0640. The summed E-state index contributed by atoms with van der Waals surface area (Å²) in [5.41, 5.74) is 1.14. The molecule has 0 saturated carbocycles. The van der Waals surface area contributed by atoms with Gasteiger partial charge in [0.25, 0.3) is 6.43 Å². The molecule has 0 fully saturated rings. The van der Waals surface area contributed by atoms with E-state index in [1.165, 1.54) is 4.90 Å². The van der Waals surface area contributed by atoms with E-state index < -0.39 is 13.5 Å². The third-order valence-corrected chi connectivity index (χ3v) is 2.15. The first-order valence-corrected chi connectivity index (χ1v) is 4.90. The van der Waals surface area contributed by atoms with E-state index in [1.807, 2.05) is 0 Å². The van der Waals surface area contributed by atoms with Gasteiger partial charge in [0.15, 0.2) is 0 Å². The number of hydrogen-bond acceptors (Lipinski definition) is 3. The van der Waals surface area contributed by atoms with Crippen molar-refractivity contribution in [3.63, 3.8) is 0 Å². The highest BCUT2D eigenvalue weighted by molar-refractivity contribution is 6.58. The lowest BCUT2D eigenvalue weighted by Gasteiger charge is -2.16. The monoisotopic (exact) mass is 229 g/mol. The number of alkyl halides is 2. The van der Waals surface area contributed by atoms with E-state index in [9.17, 15) is 8.78 Å². The predicted octanol–water partition coefficient (Wildman–Crippen LogP) is 0.0633. The fraction of sp³-hybridized carbons (Fsp3) is 0.400. The molecule has 0 aliphatic carbocycles. The lowest BCUT2D eigenvalue weighted by molar-refractivity contribution is 0.0975. The summed E-state index contributed by atoms with van der Waals surface area (Å²) in [4.78, 5) is 1.48. The minimum Gasteiger partial charge on any atom is -0.423 e. The molecule has 3 nitrogen and oxygen atoms in total. The van der Waals surface area contributed by atoms with E-state index in [4.69, 9.17) is 10.0 Å². The van der Waals surface area contributed by atoms with E-state index in [1.54, 1.807) is 31.3 Å². The first kappa shape index (κ1) is 13.1. The molecule has 0 atom stereocenters. The summed E-state index contributed by atoms with van der Waals surface area (Å²) < 4.78 is 24.1. The van der Waals surface area contributed by atoms with Crippen LogP contribution in [-0.4, -0.2) is 42.1 Å². The van der Waals surface area contributed by atoms with Gasteiger partial charge in [-0.2, -0.15) is 0 Å². The smallest absolute Gasteiger partial charge is 0.423 e. The molecule has 0 aliphatic rings. The standard InChI is InChI=1S/C10H14BF2NO2/c1-14(7-10(12)13)6-8-3-2-4-9(5-8)11(15)16/h2-5,10,15-16H,6-7H2,1H3. The molecule has 88 valence electrons. The highest BCUT2D eigenvalue weighted by atomic mass is 19.3. The van der Waals surface area contributed by atoms with Crippen molar-refractivity contribution in [2.75, 3.05) is 13.6 Å². The first-order valence-electron chi connectivity index (χ1n) is 4.90. The summed E-state index contributed by atoms with van der Waals surface area (Å²) in [6.45, 7) is 0.0524. The zero-order chi connectivity index (χ0) is 12.1. The summed E-state index contributed by atoms with van der Waals surface area (Å²) in [6.07, 6.45) is -2.36. The van der Waals surface area contributed by atoms with Crippen LogP contribution >= 0.6 is 0 Å². The van der Waals surface area contributed by atoms with Crippen LogP contribution in [0.5, 0.6) is 0 Å². The lowest BCUT2D eigenvalue weighted by atomic mass is 9.79. The molecule has 6 heteroatoms. The normalized spacial score (nSPS) is 11.2. The van der Waals surface area contributed by atoms with Crippen LogP contribution in [-0.2, 0) is 6.54 Å². The Morgan fingerprint density at radius 1 is 1.38 bits per heavy atom. The van der Waals surface area contributed by atoms with Crippen molar-refractivity contribution in [1.82, 2.24) is 4.90 Å². The van der Waals surface area contributed by atoms with Crippen LogP contribution in [0.25, 0.3) is 0 Å². The van der Waals surface area contributed by atoms with Crippen molar-refractivity contribution in [2.24, 2.45) is 0 Å². The van der Waals surface area contributed by atoms with Crippen molar-refractivity contribution in [1.29, 1.82) is 0 Å². The largest absolute Gasteiger partial charge is 0.488 e. The second-order valence-corrected chi connectivity index (χ2v) is 3.71. The molecular formula is C10H14BF2NO2. The van der Waals surface area contributed by atoms with Gasteiger partial charge < -0.3 is 10.0 Å². The second kappa shape index (κ2) is 5.93. The lowest BCUT2D eigenvalue weighted by Crippen LogP contribution is -2.31. The van der Waals surface area contributed by atoms with Gasteiger partial charge >= 0.3 is 7.12 Å². The molecule has 0 saturated heterocycles. The average molecular weight is 229 g/mol. The van der Waals surface area contributed by atoms with Gasteiger partial charge in [-0.1, -0.05) is 24.3 Å². The van der Waals surface area contributed by atoms with E-state index in [2.05, 4.69) is 0 Å². The minimum absolute atomic E-state index is 0.300. The molecule has 0 heterocycles. The van der Waals surface area contributed by atoms with Crippen molar-refractivity contribution >= 4 is 12.6 Å². The van der Waals surface area contributed by atoms with Gasteiger partial charge in [-0.15, -0.1) is 0 Å². The van der Waals surface area contributed by atoms with Crippen LogP contribution in [0, 0.1) is 0 Å². The summed E-state index contributed by atoms with van der Waals surface area (Å²) in [5, 5.41) is 17.9. The molecule has 0 aliphatic heterocycles. The Morgan fingerprint density at radius 3 is 2.62 bits per heavy atom. The number of rotatable bonds is 5. The third-order valence-electron chi connectivity index (χ3n) is 2.15. The fourth-order valence-corrected chi connectivity index (χ4v) is 1.46. The molecule has 0 unspecified atom stereocenters. The molecule has 0 aromatic heterocycles. The summed E-state index contributed by atoms with van der Waals surface area (Å²) in [6, 6.07) is 6.59. The van der Waals surface area contributed by atoms with Crippen LogP contribution in [0.15, 0.2) is 24.3 Å². The van der Waals surface area contributed by atoms with Crippen LogP contribution in [0.3, 0.4) is 0 Å². The fourth-order valence-electron chi connectivity index (χ4n) is 1.46. The molecular weight excluding hydrogens is 215 g/mol. The molecule has 0 amide bonds. The zero-order valence-electron chi connectivity index (χ0n) is 8.98. The van der Waals surface area contributed by atoms with Crippen LogP contribution in [0.1, 0.15) is 5.56 Å². The predicted molar refractivity (Wildman–Crippen MR) is 58.6 cm³/mol. The minimum atomic E-state index is -2.36. The van der Waals surface area contributed by atoms with Gasteiger partial charge in [0.05, 0.1) is 6.54 Å². The Hall–Kier alpha value is -0.975. The van der Waals surface area contributed by atoms with Crippen molar-refractivity contribution in [3.05, 3.63) is 29.8 Å². The quantitative estimate of drug-likeness (QED) is 0.702. The van der Waals surface area contributed by atoms with Gasteiger partial charge in [0, 0.05) is 6.54 Å². The molecule has 0 radical (unpaired) electrons. The van der Waals surface area contributed by atoms with Crippen molar-refractivity contribution < 1.29 is 18.8 Å². The van der Waals surface area contributed by atoms with E-state index in [0.29, 0.717) is 12.0 Å². The van der Waals surface area contributed by atoms with Gasteiger partial charge in [-0.05, 0) is 18.1 Å². The second-order valence-electron chi connectivity index (χ2n) is 3.71. The Bertz CT molecular complexity index is 336. The number of nitrogens with zero attached hydrogens (tertiary/aromatic N) is 1. The van der Waals surface area contributed by atoms with Gasteiger partial charge in [-0.25, -0.2) is 8.78 Å². The maximum absolute atomic E-state index is 12.1. The molecule has 2 N–H and O–H groups in total. The highest BCUT2D eigenvalue weighted by Crippen LogP contribution is 2.04. The first-order chi connectivity index (χ1) is 7.49. The summed E-state index contributed by atoms with van der Waals surface area (Å²) in [5.74, 6) is 0. The molecule has 1 aromatic carbocycles. The van der Waals surface area contributed by atoms with Crippen molar-refractivity contribution in [3.8, 4) is 0 Å². The maximum atomic E-state index is 12.1. The van der Waals surface area contributed by atoms with E-state index >= 15 is 0 Å². The third kappa shape index (κ3) is 4.26. The van der Waals surface area contributed by atoms with Crippen LogP contribution in [0.4, 0.5) is 8.78 Å². The Balaban J connectivity index is 2.63. The van der Waals surface area contributed by atoms with Crippen LogP contribution in [0.2, 0.25) is 0 Å². The number of benzene rings is 1. The molecule has 16 heavy (non-hydrogen) atoms. The Kier molecular flexibility index (Phi) is 4.85. The zero-order valence-corrected chi connectivity index (χ0v) is 8.98. The molecule has 1 aromatic rings. The Labute approximate surface area is 93.5 Å². The SMILES string of the molecule is CN(Cc1cccc(B(O)O)c1)CC(F)F. The molecule has 0 spiro atoms. The topological polar surface area (TPSA) is 43.7 Å². The van der Waals surface area contributed by atoms with E-state index in [0.717, 1.165) is 5.56 Å². The summed E-state index contributed by atoms with van der Waals surface area (Å²) >= 11 is 0. The number of hydrogen-bond donors (Lipinski definition) is 2. The average Bonchev–Trinajstić information content (AvgIpc) is 2.16. The van der Waals surface area contributed by atoms with Crippen molar-refractivity contribution in [2.45, 2.75) is 13.0 Å². The molecule has 0 bridgehead atoms. The van der Waals surface area contributed by atoms with Gasteiger partial charge in [0.1, 0.15) is 0 Å². The van der Waals surface area contributed by atoms with Gasteiger partial charge in [0.2, 0.25) is 0 Å². The maximum Gasteiger partial charge on any atom is 0.488 e. The molecule has 1 rings (SSSR count). The van der Waals surface area contributed by atoms with Crippen LogP contribution < -0.4 is 5.46 Å². The van der Waals surface area contributed by atoms with E-state index in [-0.39, 0.29) is 6.54 Å². The van der Waals surface area contributed by atoms with Gasteiger partial charge in [-0.3, -0.25) is 4.90 Å². The Morgan fingerprint density at radius 2 is 2.06 bits per heavy atom. The highest BCUT2D eigenvalue weighted by Gasteiger charge is 2.12.